The predicted octanol–water partition coefficient (Wildman–Crippen LogP) is 3.50. The third-order valence-corrected chi connectivity index (χ3v) is 3.20. The molecule has 2 rings (SSSR count). The molecule has 0 spiro atoms. The number of aromatic nitrogens is 2. The van der Waals surface area contributed by atoms with E-state index in [0.29, 0.717) is 11.7 Å². The molecule has 0 saturated carbocycles. The zero-order valence-electron chi connectivity index (χ0n) is 10.9. The number of nitriles is 1. The molecule has 0 aliphatic carbocycles. The van der Waals surface area contributed by atoms with E-state index in [9.17, 15) is 5.26 Å². The monoisotopic (exact) mass is 239 g/mol. The molecule has 1 aromatic heterocycles. The van der Waals surface area contributed by atoms with Crippen LogP contribution in [0.2, 0.25) is 0 Å². The van der Waals surface area contributed by atoms with E-state index in [2.05, 4.69) is 48.1 Å². The summed E-state index contributed by atoms with van der Waals surface area (Å²) >= 11 is 0. The van der Waals surface area contributed by atoms with E-state index in [-0.39, 0.29) is 5.92 Å². The molecule has 1 aromatic carbocycles. The number of nitrogens with one attached hydrogen (secondary N) is 1. The number of aromatic amines is 1. The van der Waals surface area contributed by atoms with E-state index in [4.69, 9.17) is 0 Å². The van der Waals surface area contributed by atoms with Gasteiger partial charge in [0.2, 0.25) is 0 Å². The van der Waals surface area contributed by atoms with Crippen molar-refractivity contribution in [2.75, 3.05) is 0 Å². The number of imidazole rings is 1. The van der Waals surface area contributed by atoms with Gasteiger partial charge < -0.3 is 4.98 Å². The van der Waals surface area contributed by atoms with E-state index in [1.165, 1.54) is 5.56 Å². The summed E-state index contributed by atoms with van der Waals surface area (Å²) in [5.74, 6) is 0.848. The summed E-state index contributed by atoms with van der Waals surface area (Å²) in [4.78, 5) is 7.23. The molecule has 0 bridgehead atoms. The molecule has 1 heterocycles. The highest BCUT2D eigenvalue weighted by atomic mass is 14.9. The van der Waals surface area contributed by atoms with Crippen LogP contribution in [-0.2, 0) is 0 Å². The summed E-state index contributed by atoms with van der Waals surface area (Å²) in [6.45, 7) is 6.35. The van der Waals surface area contributed by atoms with Gasteiger partial charge in [0.1, 0.15) is 11.7 Å². The van der Waals surface area contributed by atoms with Crippen molar-refractivity contribution >= 4 is 0 Å². The van der Waals surface area contributed by atoms with Crippen molar-refractivity contribution in [3.05, 3.63) is 53.1 Å². The lowest BCUT2D eigenvalue weighted by Gasteiger charge is -2.14. The fraction of sp³-hybridized carbons (Fsp3) is 0.333. The quantitative estimate of drug-likeness (QED) is 0.891. The molecule has 0 fully saturated rings. The van der Waals surface area contributed by atoms with Crippen molar-refractivity contribution < 1.29 is 0 Å². The maximum atomic E-state index is 9.40. The van der Waals surface area contributed by atoms with Crippen LogP contribution < -0.4 is 0 Å². The number of rotatable bonds is 3. The fourth-order valence-electron chi connectivity index (χ4n) is 2.04. The second-order valence-electron chi connectivity index (χ2n) is 4.81. The lowest BCUT2D eigenvalue weighted by atomic mass is 9.90. The molecule has 1 N–H and O–H groups in total. The lowest BCUT2D eigenvalue weighted by molar-refractivity contribution is 0.851. The minimum atomic E-state index is -0.321. The van der Waals surface area contributed by atoms with Gasteiger partial charge in [-0.1, -0.05) is 32.0 Å². The molecule has 0 aliphatic heterocycles. The Hall–Kier alpha value is -2.08. The second-order valence-corrected chi connectivity index (χ2v) is 4.81. The number of nitrogens with zero attached hydrogens (tertiary/aromatic N) is 2. The van der Waals surface area contributed by atoms with Crippen molar-refractivity contribution in [1.82, 2.24) is 9.97 Å². The Morgan fingerprint density at radius 2 is 2.11 bits per heavy atom. The van der Waals surface area contributed by atoms with E-state index in [1.807, 2.05) is 6.92 Å². The first-order valence-corrected chi connectivity index (χ1v) is 6.12. The largest absolute Gasteiger partial charge is 0.347 e. The topological polar surface area (TPSA) is 52.5 Å². The van der Waals surface area contributed by atoms with Crippen LogP contribution in [0.5, 0.6) is 0 Å². The number of benzene rings is 1. The fourth-order valence-corrected chi connectivity index (χ4v) is 2.04. The third kappa shape index (κ3) is 2.28. The Morgan fingerprint density at radius 3 is 2.67 bits per heavy atom. The van der Waals surface area contributed by atoms with Gasteiger partial charge in [-0.3, -0.25) is 0 Å². The van der Waals surface area contributed by atoms with Crippen LogP contribution in [0.15, 0.2) is 30.6 Å². The molecule has 1 atom stereocenters. The number of aryl methyl sites for hydroxylation is 1. The van der Waals surface area contributed by atoms with Gasteiger partial charge in [0.05, 0.1) is 6.07 Å². The van der Waals surface area contributed by atoms with Crippen molar-refractivity contribution in [1.29, 1.82) is 5.26 Å². The molecule has 18 heavy (non-hydrogen) atoms. The highest BCUT2D eigenvalue weighted by Crippen LogP contribution is 2.27. The first-order chi connectivity index (χ1) is 8.63. The first kappa shape index (κ1) is 12.4. The van der Waals surface area contributed by atoms with Crippen LogP contribution in [0.3, 0.4) is 0 Å². The number of H-pyrrole nitrogens is 1. The normalized spacial score (nSPS) is 12.4. The van der Waals surface area contributed by atoms with Gasteiger partial charge in [0.25, 0.3) is 0 Å². The standard InChI is InChI=1S/C15H17N3/c1-10(2)12-5-4-11(3)13(8-12)14(9-16)15-17-6-7-18-15/h4-8,10,14H,1-3H3,(H,17,18). The summed E-state index contributed by atoms with van der Waals surface area (Å²) in [5.41, 5.74) is 3.42. The minimum absolute atomic E-state index is 0.321. The average Bonchev–Trinajstić information content (AvgIpc) is 2.86. The van der Waals surface area contributed by atoms with E-state index < -0.39 is 0 Å². The van der Waals surface area contributed by atoms with E-state index in [0.717, 1.165) is 11.1 Å². The van der Waals surface area contributed by atoms with Crippen molar-refractivity contribution in [2.24, 2.45) is 0 Å². The molecule has 3 nitrogen and oxygen atoms in total. The third-order valence-electron chi connectivity index (χ3n) is 3.20. The molecular formula is C15H17N3. The van der Waals surface area contributed by atoms with Crippen LogP contribution >= 0.6 is 0 Å². The second kappa shape index (κ2) is 5.05. The molecule has 0 aliphatic rings. The van der Waals surface area contributed by atoms with Crippen LogP contribution in [0, 0.1) is 18.3 Å². The average molecular weight is 239 g/mol. The van der Waals surface area contributed by atoms with Crippen molar-refractivity contribution in [2.45, 2.75) is 32.6 Å². The smallest absolute Gasteiger partial charge is 0.129 e. The van der Waals surface area contributed by atoms with Crippen molar-refractivity contribution in [3.63, 3.8) is 0 Å². The van der Waals surface area contributed by atoms with Gasteiger partial charge in [-0.05, 0) is 29.5 Å². The van der Waals surface area contributed by atoms with Gasteiger partial charge in [-0.15, -0.1) is 0 Å². The van der Waals surface area contributed by atoms with Gasteiger partial charge in [0, 0.05) is 12.4 Å². The zero-order chi connectivity index (χ0) is 13.1. The van der Waals surface area contributed by atoms with Gasteiger partial charge in [-0.2, -0.15) is 5.26 Å². The molecule has 2 aromatic rings. The zero-order valence-corrected chi connectivity index (χ0v) is 10.9. The van der Waals surface area contributed by atoms with Crippen LogP contribution in [0.4, 0.5) is 0 Å². The SMILES string of the molecule is Cc1ccc(C(C)C)cc1C(C#N)c1ncc[nH]1. The Bertz CT molecular complexity index is 562. The number of hydrogen-bond donors (Lipinski definition) is 1. The number of hydrogen-bond acceptors (Lipinski definition) is 2. The summed E-state index contributed by atoms with van der Waals surface area (Å²) in [6, 6.07) is 8.66. The molecule has 92 valence electrons. The Labute approximate surface area is 107 Å². The predicted molar refractivity (Wildman–Crippen MR) is 71.3 cm³/mol. The van der Waals surface area contributed by atoms with Crippen molar-refractivity contribution in [3.8, 4) is 6.07 Å². The van der Waals surface area contributed by atoms with E-state index >= 15 is 0 Å². The van der Waals surface area contributed by atoms with Crippen LogP contribution in [-0.4, -0.2) is 9.97 Å². The summed E-state index contributed by atoms with van der Waals surface area (Å²) < 4.78 is 0. The lowest BCUT2D eigenvalue weighted by Crippen LogP contribution is -2.04. The summed E-state index contributed by atoms with van der Waals surface area (Å²) in [7, 11) is 0. The molecule has 0 amide bonds. The molecule has 0 radical (unpaired) electrons. The summed E-state index contributed by atoms with van der Waals surface area (Å²) in [5, 5.41) is 9.40. The summed E-state index contributed by atoms with van der Waals surface area (Å²) in [6.07, 6.45) is 3.43. The molecule has 1 unspecified atom stereocenters. The van der Waals surface area contributed by atoms with Gasteiger partial charge in [-0.25, -0.2) is 4.98 Å². The molecule has 3 heteroatoms. The first-order valence-electron chi connectivity index (χ1n) is 6.12. The van der Waals surface area contributed by atoms with E-state index in [1.54, 1.807) is 12.4 Å². The Kier molecular flexibility index (Phi) is 3.47. The molecular weight excluding hydrogens is 222 g/mol. The van der Waals surface area contributed by atoms with Crippen LogP contribution in [0.1, 0.15) is 48.2 Å². The van der Waals surface area contributed by atoms with Gasteiger partial charge >= 0.3 is 0 Å². The highest BCUT2D eigenvalue weighted by molar-refractivity contribution is 5.41. The van der Waals surface area contributed by atoms with Crippen LogP contribution in [0.25, 0.3) is 0 Å². The molecule has 0 saturated heterocycles. The maximum absolute atomic E-state index is 9.40. The maximum Gasteiger partial charge on any atom is 0.129 e. The highest BCUT2D eigenvalue weighted by Gasteiger charge is 2.18. The minimum Gasteiger partial charge on any atom is -0.347 e. The van der Waals surface area contributed by atoms with Gasteiger partial charge in [0.15, 0.2) is 0 Å². The Balaban J connectivity index is 2.49. The Morgan fingerprint density at radius 1 is 1.33 bits per heavy atom.